The molecule has 1 aromatic rings. The highest BCUT2D eigenvalue weighted by molar-refractivity contribution is 5.91. The van der Waals surface area contributed by atoms with Crippen LogP contribution in [0.1, 0.15) is 33.9 Å². The van der Waals surface area contributed by atoms with Crippen molar-refractivity contribution in [3.63, 3.8) is 0 Å². The lowest BCUT2D eigenvalue weighted by molar-refractivity contribution is 0.0695. The van der Waals surface area contributed by atoms with Crippen LogP contribution < -0.4 is 11.5 Å². The summed E-state index contributed by atoms with van der Waals surface area (Å²) in [7, 11) is 0. The van der Waals surface area contributed by atoms with Crippen LogP contribution in [0.3, 0.4) is 0 Å². The van der Waals surface area contributed by atoms with Crippen LogP contribution in [0.4, 0.5) is 5.69 Å². The Morgan fingerprint density at radius 3 is 2.86 bits per heavy atom. The summed E-state index contributed by atoms with van der Waals surface area (Å²) in [5.41, 5.74) is 13.9. The van der Waals surface area contributed by atoms with E-state index in [2.05, 4.69) is 0 Å². The molecular weight excluding hydrogens is 180 g/mol. The number of hydrogen-bond acceptors (Lipinski definition) is 3. The predicted octanol–water partition coefficient (Wildman–Crippen LogP) is 0.913. The number of hydrogen-bond donors (Lipinski definition) is 3. The molecule has 0 saturated carbocycles. The smallest absolute Gasteiger partial charge is 0.336 e. The van der Waals surface area contributed by atoms with E-state index in [0.717, 1.165) is 24.0 Å². The van der Waals surface area contributed by atoms with Crippen molar-refractivity contribution in [2.45, 2.75) is 18.9 Å². The Hall–Kier alpha value is -1.55. The Kier molecular flexibility index (Phi) is 1.93. The van der Waals surface area contributed by atoms with Crippen molar-refractivity contribution in [2.75, 3.05) is 5.73 Å². The molecule has 2 rings (SSSR count). The normalized spacial score (nSPS) is 19.4. The topological polar surface area (TPSA) is 89.3 Å². The van der Waals surface area contributed by atoms with Crippen LogP contribution in [0.5, 0.6) is 0 Å². The Labute approximate surface area is 81.5 Å². The molecule has 0 radical (unpaired) electrons. The molecule has 0 saturated heterocycles. The van der Waals surface area contributed by atoms with E-state index in [0.29, 0.717) is 5.69 Å². The van der Waals surface area contributed by atoms with Crippen LogP contribution in [0, 0.1) is 0 Å². The van der Waals surface area contributed by atoms with Gasteiger partial charge < -0.3 is 16.6 Å². The minimum atomic E-state index is -0.953. The number of fused-ring (bicyclic) bond motifs is 1. The van der Waals surface area contributed by atoms with Gasteiger partial charge in [0, 0.05) is 11.7 Å². The maximum Gasteiger partial charge on any atom is 0.336 e. The van der Waals surface area contributed by atoms with Gasteiger partial charge in [0.1, 0.15) is 0 Å². The van der Waals surface area contributed by atoms with Gasteiger partial charge in [-0.15, -0.1) is 0 Å². The molecule has 0 heterocycles. The average Bonchev–Trinajstić information content (AvgIpc) is 2.46. The second-order valence-corrected chi connectivity index (χ2v) is 3.59. The van der Waals surface area contributed by atoms with Gasteiger partial charge in [-0.2, -0.15) is 0 Å². The van der Waals surface area contributed by atoms with Gasteiger partial charge in [0.2, 0.25) is 0 Å². The molecule has 0 aliphatic heterocycles. The summed E-state index contributed by atoms with van der Waals surface area (Å²) in [5, 5.41) is 8.98. The van der Waals surface area contributed by atoms with E-state index in [1.165, 1.54) is 6.07 Å². The molecule has 0 fully saturated rings. The molecule has 0 spiro atoms. The van der Waals surface area contributed by atoms with Crippen LogP contribution in [-0.4, -0.2) is 11.1 Å². The molecular formula is C10H12N2O2. The molecule has 0 bridgehead atoms. The number of carboxylic acids is 1. The summed E-state index contributed by atoms with van der Waals surface area (Å²) in [4.78, 5) is 10.9. The highest BCUT2D eigenvalue weighted by Gasteiger charge is 2.25. The molecule has 74 valence electrons. The van der Waals surface area contributed by atoms with E-state index in [9.17, 15) is 4.79 Å². The summed E-state index contributed by atoms with van der Waals surface area (Å²) in [6, 6.07) is 3.14. The number of carbonyl (C=O) groups is 1. The first-order valence-corrected chi connectivity index (χ1v) is 4.50. The third kappa shape index (κ3) is 1.24. The Morgan fingerprint density at radius 2 is 2.21 bits per heavy atom. The molecule has 1 aromatic carbocycles. The van der Waals surface area contributed by atoms with Crippen molar-refractivity contribution in [3.05, 3.63) is 28.8 Å². The summed E-state index contributed by atoms with van der Waals surface area (Å²) in [5.74, 6) is -0.953. The highest BCUT2D eigenvalue weighted by Crippen LogP contribution is 2.33. The van der Waals surface area contributed by atoms with Gasteiger partial charge in [-0.3, -0.25) is 0 Å². The van der Waals surface area contributed by atoms with Crippen molar-refractivity contribution < 1.29 is 9.90 Å². The van der Waals surface area contributed by atoms with E-state index < -0.39 is 5.97 Å². The lowest BCUT2D eigenvalue weighted by atomic mass is 10.0. The zero-order valence-electron chi connectivity index (χ0n) is 7.66. The number of carboxylic acid groups (broad SMARTS) is 1. The van der Waals surface area contributed by atoms with Crippen LogP contribution in [0.2, 0.25) is 0 Å². The van der Waals surface area contributed by atoms with Crippen molar-refractivity contribution in [3.8, 4) is 0 Å². The van der Waals surface area contributed by atoms with Crippen LogP contribution in [0.15, 0.2) is 12.1 Å². The number of nitrogen functional groups attached to an aromatic ring is 1. The summed E-state index contributed by atoms with van der Waals surface area (Å²) in [6.07, 6.45) is 1.63. The molecule has 4 heteroatoms. The van der Waals surface area contributed by atoms with E-state index in [4.69, 9.17) is 16.6 Å². The van der Waals surface area contributed by atoms with Gasteiger partial charge in [-0.25, -0.2) is 4.79 Å². The molecule has 1 unspecified atom stereocenters. The van der Waals surface area contributed by atoms with Crippen LogP contribution in [0.25, 0.3) is 0 Å². The third-order valence-corrected chi connectivity index (χ3v) is 2.61. The fourth-order valence-corrected chi connectivity index (χ4v) is 2.01. The minimum Gasteiger partial charge on any atom is -0.478 e. The minimum absolute atomic E-state index is 0.156. The Morgan fingerprint density at radius 1 is 1.50 bits per heavy atom. The lowest BCUT2D eigenvalue weighted by Gasteiger charge is -2.09. The van der Waals surface area contributed by atoms with Gasteiger partial charge in [0.25, 0.3) is 0 Å². The molecule has 5 N–H and O–H groups in total. The molecule has 4 nitrogen and oxygen atoms in total. The van der Waals surface area contributed by atoms with Crippen molar-refractivity contribution >= 4 is 11.7 Å². The zero-order chi connectivity index (χ0) is 10.3. The number of benzene rings is 1. The van der Waals surface area contributed by atoms with Crippen molar-refractivity contribution in [1.29, 1.82) is 0 Å². The second-order valence-electron chi connectivity index (χ2n) is 3.59. The third-order valence-electron chi connectivity index (χ3n) is 2.61. The maximum absolute atomic E-state index is 10.9. The van der Waals surface area contributed by atoms with Crippen molar-refractivity contribution in [1.82, 2.24) is 0 Å². The monoisotopic (exact) mass is 192 g/mol. The fraction of sp³-hybridized carbons (Fsp3) is 0.300. The first-order valence-electron chi connectivity index (χ1n) is 4.50. The Balaban J connectivity index is 2.65. The number of nitrogens with two attached hydrogens (primary N) is 2. The molecule has 1 aliphatic rings. The number of rotatable bonds is 1. The Bertz CT molecular complexity index is 401. The predicted molar refractivity (Wildman–Crippen MR) is 53.1 cm³/mol. The highest BCUT2D eigenvalue weighted by atomic mass is 16.4. The quantitative estimate of drug-likeness (QED) is 0.577. The van der Waals surface area contributed by atoms with E-state index >= 15 is 0 Å². The van der Waals surface area contributed by atoms with E-state index in [-0.39, 0.29) is 11.6 Å². The molecule has 0 aromatic heterocycles. The van der Waals surface area contributed by atoms with E-state index in [1.807, 2.05) is 6.07 Å². The van der Waals surface area contributed by atoms with Crippen LogP contribution in [-0.2, 0) is 6.42 Å². The lowest BCUT2D eigenvalue weighted by Crippen LogP contribution is -2.12. The van der Waals surface area contributed by atoms with Gasteiger partial charge in [0.05, 0.1) is 5.56 Å². The zero-order valence-corrected chi connectivity index (χ0v) is 7.66. The van der Waals surface area contributed by atoms with Gasteiger partial charge in [0.15, 0.2) is 0 Å². The number of anilines is 1. The summed E-state index contributed by atoms with van der Waals surface area (Å²) < 4.78 is 0. The second kappa shape index (κ2) is 2.99. The summed E-state index contributed by atoms with van der Waals surface area (Å²) >= 11 is 0. The standard InChI is InChI=1S/C10H12N2O2/c11-6-3-5-1-2-8(12)9(5)7(4-6)10(13)14/h3-4,8H,1-2,11-12H2,(H,13,14). The fourth-order valence-electron chi connectivity index (χ4n) is 2.01. The van der Waals surface area contributed by atoms with Gasteiger partial charge >= 0.3 is 5.97 Å². The largest absolute Gasteiger partial charge is 0.478 e. The molecule has 1 aliphatic carbocycles. The van der Waals surface area contributed by atoms with Gasteiger partial charge in [-0.1, -0.05) is 0 Å². The molecule has 0 amide bonds. The van der Waals surface area contributed by atoms with Crippen LogP contribution >= 0.6 is 0 Å². The number of aryl methyl sites for hydroxylation is 1. The van der Waals surface area contributed by atoms with Crippen molar-refractivity contribution in [2.24, 2.45) is 5.73 Å². The SMILES string of the molecule is Nc1cc2c(c(C(=O)O)c1)C(N)CC2. The summed E-state index contributed by atoms with van der Waals surface area (Å²) in [6.45, 7) is 0. The van der Waals surface area contributed by atoms with Gasteiger partial charge in [-0.05, 0) is 36.1 Å². The maximum atomic E-state index is 10.9. The molecule has 14 heavy (non-hydrogen) atoms. The molecule has 1 atom stereocenters. The average molecular weight is 192 g/mol. The first kappa shape index (κ1) is 9.02. The van der Waals surface area contributed by atoms with E-state index in [1.54, 1.807) is 0 Å². The number of aromatic carboxylic acids is 1. The first-order chi connectivity index (χ1) is 6.59.